The largest absolute Gasteiger partial charge is 0.485 e. The van der Waals surface area contributed by atoms with E-state index < -0.39 is 12.4 Å². The van der Waals surface area contributed by atoms with E-state index in [1.807, 2.05) is 0 Å². The van der Waals surface area contributed by atoms with Gasteiger partial charge in [0.05, 0.1) is 12.7 Å². The molecule has 90 valence electrons. The van der Waals surface area contributed by atoms with Crippen molar-refractivity contribution < 1.29 is 18.3 Å². The number of unbranched alkanes of at least 4 members (excludes halogenated alkanes) is 5. The lowest BCUT2D eigenvalue weighted by Gasteiger charge is -2.08. The summed E-state index contributed by atoms with van der Waals surface area (Å²) in [6, 6.07) is 0. The van der Waals surface area contributed by atoms with Gasteiger partial charge in [0.2, 0.25) is 0 Å². The first-order valence-electron chi connectivity index (χ1n) is 5.83. The highest BCUT2D eigenvalue weighted by molar-refractivity contribution is 4.64. The zero-order valence-electron chi connectivity index (χ0n) is 9.31. The first-order valence-corrected chi connectivity index (χ1v) is 5.83. The quantitative estimate of drug-likeness (QED) is 0.611. The zero-order chi connectivity index (χ0) is 11.1. The van der Waals surface area contributed by atoms with Crippen LogP contribution in [0.1, 0.15) is 51.9 Å². The molecule has 0 aromatic heterocycles. The highest BCUT2D eigenvalue weighted by atomic mass is 19.3. The molecule has 1 aliphatic heterocycles. The van der Waals surface area contributed by atoms with Gasteiger partial charge in [0.15, 0.2) is 0 Å². The first kappa shape index (κ1) is 12.8. The second-order valence-corrected chi connectivity index (χ2v) is 4.07. The molecule has 0 aromatic carbocycles. The van der Waals surface area contributed by atoms with E-state index in [2.05, 4.69) is 16.4 Å². The summed E-state index contributed by atoms with van der Waals surface area (Å²) in [6.07, 6.45) is 3.92. The summed E-state index contributed by atoms with van der Waals surface area (Å²) in [5.74, 6) is 0. The Morgan fingerprint density at radius 2 is 1.80 bits per heavy atom. The summed E-state index contributed by atoms with van der Waals surface area (Å²) in [5.41, 5.74) is 0. The minimum Gasteiger partial charge on any atom is -0.293 e. The standard InChI is InChI=1S/C11H20F2O2/c1-2-3-4-5-6-7-8-10-9-14-11(12,13)15-10/h10H,2-9H2,1H3. The van der Waals surface area contributed by atoms with E-state index >= 15 is 0 Å². The molecule has 1 heterocycles. The summed E-state index contributed by atoms with van der Waals surface area (Å²) in [4.78, 5) is 0. The van der Waals surface area contributed by atoms with E-state index in [1.165, 1.54) is 25.7 Å². The van der Waals surface area contributed by atoms with Crippen LogP contribution < -0.4 is 0 Å². The summed E-state index contributed by atoms with van der Waals surface area (Å²) in [6.45, 7) is 2.20. The Hall–Kier alpha value is -0.220. The molecule has 2 nitrogen and oxygen atoms in total. The normalized spacial score (nSPS) is 24.6. The third kappa shape index (κ3) is 5.42. The van der Waals surface area contributed by atoms with Gasteiger partial charge in [-0.1, -0.05) is 45.4 Å². The van der Waals surface area contributed by atoms with E-state index in [9.17, 15) is 8.78 Å². The van der Waals surface area contributed by atoms with Crippen molar-refractivity contribution in [1.82, 2.24) is 0 Å². The Morgan fingerprint density at radius 3 is 2.40 bits per heavy atom. The molecule has 1 fully saturated rings. The maximum absolute atomic E-state index is 12.4. The van der Waals surface area contributed by atoms with Crippen LogP contribution in [0, 0.1) is 0 Å². The van der Waals surface area contributed by atoms with Crippen molar-refractivity contribution in [3.05, 3.63) is 0 Å². The van der Waals surface area contributed by atoms with Gasteiger partial charge in [-0.2, -0.15) is 0 Å². The van der Waals surface area contributed by atoms with Gasteiger partial charge in [-0.15, -0.1) is 8.78 Å². The Morgan fingerprint density at radius 1 is 1.13 bits per heavy atom. The van der Waals surface area contributed by atoms with E-state index in [4.69, 9.17) is 0 Å². The molecule has 0 saturated carbocycles. The lowest BCUT2D eigenvalue weighted by atomic mass is 10.1. The number of hydrogen-bond donors (Lipinski definition) is 0. The zero-order valence-corrected chi connectivity index (χ0v) is 9.31. The molecule has 0 aromatic rings. The van der Waals surface area contributed by atoms with Crippen LogP contribution in [0.5, 0.6) is 0 Å². The monoisotopic (exact) mass is 222 g/mol. The van der Waals surface area contributed by atoms with Crippen molar-refractivity contribution in [2.75, 3.05) is 6.61 Å². The van der Waals surface area contributed by atoms with E-state index in [0.717, 1.165) is 12.8 Å². The smallest absolute Gasteiger partial charge is 0.293 e. The van der Waals surface area contributed by atoms with Crippen LogP contribution in [0.3, 0.4) is 0 Å². The van der Waals surface area contributed by atoms with Gasteiger partial charge in [-0.3, -0.25) is 9.47 Å². The Labute approximate surface area is 89.9 Å². The maximum atomic E-state index is 12.4. The summed E-state index contributed by atoms with van der Waals surface area (Å²) < 4.78 is 33.5. The molecular weight excluding hydrogens is 202 g/mol. The molecule has 1 atom stereocenters. The molecule has 0 amide bonds. The minimum absolute atomic E-state index is 0.0297. The maximum Gasteiger partial charge on any atom is 0.485 e. The lowest BCUT2D eigenvalue weighted by Crippen LogP contribution is -2.17. The fourth-order valence-corrected chi connectivity index (χ4v) is 1.75. The minimum atomic E-state index is -3.34. The van der Waals surface area contributed by atoms with Gasteiger partial charge in [0.1, 0.15) is 0 Å². The molecule has 1 rings (SSSR count). The van der Waals surface area contributed by atoms with Crippen LogP contribution in [0.25, 0.3) is 0 Å². The van der Waals surface area contributed by atoms with E-state index in [0.29, 0.717) is 6.42 Å². The van der Waals surface area contributed by atoms with E-state index in [-0.39, 0.29) is 6.61 Å². The molecule has 0 radical (unpaired) electrons. The van der Waals surface area contributed by atoms with Crippen LogP contribution in [-0.4, -0.2) is 19.0 Å². The van der Waals surface area contributed by atoms with Crippen LogP contribution in [0.4, 0.5) is 8.78 Å². The average molecular weight is 222 g/mol. The van der Waals surface area contributed by atoms with Crippen molar-refractivity contribution in [2.45, 2.75) is 64.3 Å². The summed E-state index contributed by atoms with van der Waals surface area (Å²) in [5, 5.41) is 0. The van der Waals surface area contributed by atoms with Crippen LogP contribution >= 0.6 is 0 Å². The van der Waals surface area contributed by atoms with Gasteiger partial charge >= 0.3 is 6.29 Å². The average Bonchev–Trinajstić information content (AvgIpc) is 2.52. The third-order valence-electron chi connectivity index (χ3n) is 2.62. The summed E-state index contributed by atoms with van der Waals surface area (Å²) >= 11 is 0. The highest BCUT2D eigenvalue weighted by Gasteiger charge is 2.42. The summed E-state index contributed by atoms with van der Waals surface area (Å²) in [7, 11) is 0. The lowest BCUT2D eigenvalue weighted by molar-refractivity contribution is -0.346. The Bertz CT molecular complexity index is 174. The van der Waals surface area contributed by atoms with Gasteiger partial charge in [-0.05, 0) is 6.42 Å². The van der Waals surface area contributed by atoms with Crippen LogP contribution in [0.15, 0.2) is 0 Å². The van der Waals surface area contributed by atoms with E-state index in [1.54, 1.807) is 0 Å². The van der Waals surface area contributed by atoms with Gasteiger partial charge < -0.3 is 0 Å². The molecule has 0 spiro atoms. The molecule has 1 aliphatic rings. The molecule has 0 aliphatic carbocycles. The van der Waals surface area contributed by atoms with Crippen molar-refractivity contribution in [3.8, 4) is 0 Å². The predicted octanol–water partition coefficient (Wildman–Crippen LogP) is 3.70. The number of hydrogen-bond acceptors (Lipinski definition) is 2. The SMILES string of the molecule is CCCCCCCCC1COC(F)(F)O1. The molecule has 15 heavy (non-hydrogen) atoms. The third-order valence-corrected chi connectivity index (χ3v) is 2.62. The molecule has 1 unspecified atom stereocenters. The Kier molecular flexibility index (Phi) is 5.47. The molecule has 1 saturated heterocycles. The Balaban J connectivity index is 1.93. The molecular formula is C11H20F2O2. The van der Waals surface area contributed by atoms with Crippen molar-refractivity contribution in [2.24, 2.45) is 0 Å². The number of halogens is 2. The number of rotatable bonds is 7. The van der Waals surface area contributed by atoms with Crippen molar-refractivity contribution in [1.29, 1.82) is 0 Å². The van der Waals surface area contributed by atoms with Gasteiger partial charge in [-0.25, -0.2) is 0 Å². The van der Waals surface area contributed by atoms with Crippen molar-refractivity contribution in [3.63, 3.8) is 0 Å². The van der Waals surface area contributed by atoms with Crippen LogP contribution in [0.2, 0.25) is 0 Å². The fraction of sp³-hybridized carbons (Fsp3) is 1.00. The molecule has 4 heteroatoms. The highest BCUT2D eigenvalue weighted by Crippen LogP contribution is 2.28. The van der Waals surface area contributed by atoms with Crippen molar-refractivity contribution >= 4 is 0 Å². The topological polar surface area (TPSA) is 18.5 Å². The van der Waals surface area contributed by atoms with Gasteiger partial charge in [0.25, 0.3) is 0 Å². The van der Waals surface area contributed by atoms with Gasteiger partial charge in [0, 0.05) is 0 Å². The predicted molar refractivity (Wildman–Crippen MR) is 53.8 cm³/mol. The first-order chi connectivity index (χ1) is 7.14. The number of alkyl halides is 2. The number of ether oxygens (including phenoxy) is 2. The second kappa shape index (κ2) is 6.38. The van der Waals surface area contributed by atoms with Crippen LogP contribution in [-0.2, 0) is 9.47 Å². The second-order valence-electron chi connectivity index (χ2n) is 4.07. The molecule has 0 bridgehead atoms. The fourth-order valence-electron chi connectivity index (χ4n) is 1.75. The molecule has 0 N–H and O–H groups in total.